The topological polar surface area (TPSA) is 0 Å². The molecule has 0 aliphatic rings. The van der Waals surface area contributed by atoms with Crippen molar-refractivity contribution in [2.45, 2.75) is 13.3 Å². The number of hydrogen-bond acceptors (Lipinski definition) is 0. The molecule has 0 saturated heterocycles. The van der Waals surface area contributed by atoms with Crippen molar-refractivity contribution in [2.24, 2.45) is 0 Å². The van der Waals surface area contributed by atoms with E-state index >= 15 is 0 Å². The molecule has 0 aromatic heterocycles. The van der Waals surface area contributed by atoms with Gasteiger partial charge in [0.1, 0.15) is 0 Å². The van der Waals surface area contributed by atoms with Gasteiger partial charge in [-0.2, -0.15) is 0 Å². The van der Waals surface area contributed by atoms with Gasteiger partial charge in [0.15, 0.2) is 0 Å². The lowest BCUT2D eigenvalue weighted by molar-refractivity contribution is 1.33. The summed E-state index contributed by atoms with van der Waals surface area (Å²) in [6.07, 6.45) is 4.29. The van der Waals surface area contributed by atoms with Gasteiger partial charge in [0.25, 0.3) is 0 Å². The zero-order chi connectivity index (χ0) is 8.85. The summed E-state index contributed by atoms with van der Waals surface area (Å²) in [6, 6.07) is 0. The van der Waals surface area contributed by atoms with Crippen molar-refractivity contribution in [1.29, 1.82) is 0 Å². The largest absolute Gasteiger partial charge is 0.0892 e. The summed E-state index contributed by atoms with van der Waals surface area (Å²) < 4.78 is 0.680. The predicted molar refractivity (Wildman–Crippen MR) is 56.2 cm³/mol. The summed E-state index contributed by atoms with van der Waals surface area (Å²) in [5.74, 6) is 0. The SMILES string of the molecule is C=C(Br)/C(Cl)=C\C/C(Cl)=C\C. The van der Waals surface area contributed by atoms with Gasteiger partial charge in [-0.15, -0.1) is 0 Å². The molecule has 0 unspecified atom stereocenters. The van der Waals surface area contributed by atoms with Crippen LogP contribution >= 0.6 is 39.1 Å². The lowest BCUT2D eigenvalue weighted by atomic mass is 10.3. The molecule has 0 bridgehead atoms. The number of hydrogen-bond donors (Lipinski definition) is 0. The molecule has 0 saturated carbocycles. The fraction of sp³-hybridized carbons (Fsp3) is 0.250. The summed E-state index contributed by atoms with van der Waals surface area (Å²) in [7, 11) is 0. The molecule has 0 fully saturated rings. The van der Waals surface area contributed by atoms with Gasteiger partial charge < -0.3 is 0 Å². The third kappa shape index (κ3) is 5.54. The molecule has 0 spiro atoms. The Labute approximate surface area is 85.7 Å². The van der Waals surface area contributed by atoms with E-state index in [9.17, 15) is 0 Å². The molecule has 0 aliphatic heterocycles. The van der Waals surface area contributed by atoms with Crippen molar-refractivity contribution < 1.29 is 0 Å². The lowest BCUT2D eigenvalue weighted by Crippen LogP contribution is -1.71. The highest BCUT2D eigenvalue weighted by atomic mass is 79.9. The van der Waals surface area contributed by atoms with Crippen molar-refractivity contribution >= 4 is 39.1 Å². The Balaban J connectivity index is 4.03. The summed E-state index contributed by atoms with van der Waals surface area (Å²) in [5.41, 5.74) is 0. The van der Waals surface area contributed by atoms with E-state index in [0.717, 1.165) is 5.03 Å². The molecule has 0 aliphatic carbocycles. The summed E-state index contributed by atoms with van der Waals surface area (Å²) in [6.45, 7) is 5.49. The zero-order valence-corrected chi connectivity index (χ0v) is 9.30. The molecule has 3 heteroatoms. The molecular weight excluding hydrogens is 247 g/mol. The van der Waals surface area contributed by atoms with Crippen molar-refractivity contribution in [2.75, 3.05) is 0 Å². The second-order valence-electron chi connectivity index (χ2n) is 1.90. The van der Waals surface area contributed by atoms with Crippen molar-refractivity contribution in [3.05, 3.63) is 33.3 Å². The highest BCUT2D eigenvalue weighted by Crippen LogP contribution is 2.20. The van der Waals surface area contributed by atoms with E-state index in [4.69, 9.17) is 23.2 Å². The third-order valence-electron chi connectivity index (χ3n) is 1.05. The van der Waals surface area contributed by atoms with Crippen LogP contribution in [0.3, 0.4) is 0 Å². The van der Waals surface area contributed by atoms with Crippen molar-refractivity contribution in [3.8, 4) is 0 Å². The maximum Gasteiger partial charge on any atom is 0.0505 e. The first-order valence-electron chi connectivity index (χ1n) is 3.09. The van der Waals surface area contributed by atoms with Crippen LogP contribution in [-0.2, 0) is 0 Å². The molecule has 0 radical (unpaired) electrons. The standard InChI is InChI=1S/C8H9BrCl2/c1-3-7(10)4-5-8(11)6(2)9/h3,5H,2,4H2,1H3/b7-3+,8-5+. The van der Waals surface area contributed by atoms with E-state index < -0.39 is 0 Å². The second-order valence-corrected chi connectivity index (χ2v) is 3.75. The van der Waals surface area contributed by atoms with E-state index in [0.29, 0.717) is 15.9 Å². The Morgan fingerprint density at radius 3 is 2.45 bits per heavy atom. The van der Waals surface area contributed by atoms with Crippen molar-refractivity contribution in [1.82, 2.24) is 0 Å². The molecule has 62 valence electrons. The highest BCUT2D eigenvalue weighted by molar-refractivity contribution is 9.12. The van der Waals surface area contributed by atoms with Crippen molar-refractivity contribution in [3.63, 3.8) is 0 Å². The molecule has 0 atom stereocenters. The van der Waals surface area contributed by atoms with Crippen LogP contribution in [0.4, 0.5) is 0 Å². The normalized spacial score (nSPS) is 13.5. The zero-order valence-electron chi connectivity index (χ0n) is 6.20. The number of halogens is 3. The Morgan fingerprint density at radius 1 is 1.55 bits per heavy atom. The van der Waals surface area contributed by atoms with Gasteiger partial charge >= 0.3 is 0 Å². The number of allylic oxidation sites excluding steroid dienone is 5. The Kier molecular flexibility index (Phi) is 6.02. The Morgan fingerprint density at radius 2 is 2.09 bits per heavy atom. The molecule has 11 heavy (non-hydrogen) atoms. The van der Waals surface area contributed by atoms with E-state index in [2.05, 4.69) is 22.5 Å². The second kappa shape index (κ2) is 5.87. The van der Waals surface area contributed by atoms with E-state index in [1.165, 1.54) is 0 Å². The molecular formula is C8H9BrCl2. The molecule has 0 amide bonds. The molecule has 0 aromatic rings. The van der Waals surface area contributed by atoms with Crippen LogP contribution in [0.25, 0.3) is 0 Å². The minimum absolute atomic E-state index is 0.602. The molecule has 0 heterocycles. The van der Waals surface area contributed by atoms with Gasteiger partial charge in [-0.3, -0.25) is 0 Å². The minimum Gasteiger partial charge on any atom is -0.0892 e. The van der Waals surface area contributed by atoms with Crippen LogP contribution in [0.1, 0.15) is 13.3 Å². The van der Waals surface area contributed by atoms with Gasteiger partial charge in [-0.1, -0.05) is 41.9 Å². The molecule has 0 nitrogen and oxygen atoms in total. The van der Waals surface area contributed by atoms with Gasteiger partial charge in [0.2, 0.25) is 0 Å². The van der Waals surface area contributed by atoms with Gasteiger partial charge in [-0.25, -0.2) is 0 Å². The minimum atomic E-state index is 0.602. The van der Waals surface area contributed by atoms with Gasteiger partial charge in [0, 0.05) is 15.9 Å². The van der Waals surface area contributed by atoms with Crippen LogP contribution in [0.15, 0.2) is 33.3 Å². The average Bonchev–Trinajstić information content (AvgIpc) is 1.99. The smallest absolute Gasteiger partial charge is 0.0505 e. The van der Waals surface area contributed by atoms with Gasteiger partial charge in [-0.05, 0) is 22.9 Å². The quantitative estimate of drug-likeness (QED) is 0.649. The first-order chi connectivity index (χ1) is 5.07. The first kappa shape index (κ1) is 11.3. The summed E-state index contributed by atoms with van der Waals surface area (Å²) >= 11 is 14.6. The maximum absolute atomic E-state index is 5.75. The lowest BCUT2D eigenvalue weighted by Gasteiger charge is -1.93. The maximum atomic E-state index is 5.75. The number of rotatable bonds is 3. The molecule has 0 rings (SSSR count). The monoisotopic (exact) mass is 254 g/mol. The summed E-state index contributed by atoms with van der Waals surface area (Å²) in [4.78, 5) is 0. The predicted octanol–water partition coefficient (Wildman–Crippen LogP) is 4.55. The van der Waals surface area contributed by atoms with Gasteiger partial charge in [0.05, 0.1) is 5.03 Å². The molecule has 0 aromatic carbocycles. The van der Waals surface area contributed by atoms with Crippen LogP contribution in [-0.4, -0.2) is 0 Å². The average molecular weight is 256 g/mol. The Bertz CT molecular complexity index is 204. The van der Waals surface area contributed by atoms with Crippen LogP contribution < -0.4 is 0 Å². The third-order valence-corrected chi connectivity index (χ3v) is 2.46. The summed E-state index contributed by atoms with van der Waals surface area (Å²) in [5, 5.41) is 1.38. The van der Waals surface area contributed by atoms with E-state index in [1.54, 1.807) is 6.08 Å². The fourth-order valence-electron chi connectivity index (χ4n) is 0.416. The Hall–Kier alpha value is 0.280. The molecule has 0 N–H and O–H groups in total. The van der Waals surface area contributed by atoms with E-state index in [1.807, 2.05) is 13.0 Å². The highest BCUT2D eigenvalue weighted by Gasteiger charge is 1.93. The first-order valence-corrected chi connectivity index (χ1v) is 4.64. The van der Waals surface area contributed by atoms with Crippen LogP contribution in [0.2, 0.25) is 0 Å². The van der Waals surface area contributed by atoms with Crippen LogP contribution in [0.5, 0.6) is 0 Å². The fourth-order valence-corrected chi connectivity index (χ4v) is 0.732. The van der Waals surface area contributed by atoms with Crippen LogP contribution in [0, 0.1) is 0 Å². The van der Waals surface area contributed by atoms with E-state index in [-0.39, 0.29) is 0 Å².